The monoisotopic (exact) mass is 448 g/mol. The number of hydrogen-bond donors (Lipinski definition) is 0. The molecule has 0 aromatic carbocycles. The van der Waals surface area contributed by atoms with Gasteiger partial charge in [-0.3, -0.25) is 28.8 Å². The Morgan fingerprint density at radius 3 is 1.29 bits per heavy atom. The standard InChI is InChI=1S/C19H28O12/c1-9(27-11(3)21)17(29-13(5)23)19(31-15(7)25)18(30-14(6)24)16(28-12(4)22)8-26-10(2)20/h9,16-19H,8H2,1-7H3/t9-,16+,17+,18+,19+/m0/s1. The van der Waals surface area contributed by atoms with Gasteiger partial charge in [-0.1, -0.05) is 0 Å². The predicted molar refractivity (Wildman–Crippen MR) is 100 cm³/mol. The van der Waals surface area contributed by atoms with E-state index in [9.17, 15) is 28.8 Å². The molecule has 12 heteroatoms. The number of esters is 6. The predicted octanol–water partition coefficient (Wildman–Crippen LogP) is 0.228. The van der Waals surface area contributed by atoms with Crippen LogP contribution in [0.1, 0.15) is 48.5 Å². The average molecular weight is 448 g/mol. The molecule has 0 spiro atoms. The van der Waals surface area contributed by atoms with Crippen molar-refractivity contribution in [2.75, 3.05) is 6.61 Å². The van der Waals surface area contributed by atoms with Crippen molar-refractivity contribution in [3.8, 4) is 0 Å². The Morgan fingerprint density at radius 1 is 0.516 bits per heavy atom. The van der Waals surface area contributed by atoms with E-state index in [1.54, 1.807) is 0 Å². The van der Waals surface area contributed by atoms with E-state index in [2.05, 4.69) is 0 Å². The van der Waals surface area contributed by atoms with Crippen LogP contribution in [-0.2, 0) is 57.2 Å². The summed E-state index contributed by atoms with van der Waals surface area (Å²) in [6, 6.07) is 0. The molecule has 0 aliphatic heterocycles. The molecule has 0 aliphatic rings. The van der Waals surface area contributed by atoms with E-state index in [4.69, 9.17) is 28.4 Å². The van der Waals surface area contributed by atoms with Crippen LogP contribution in [0.25, 0.3) is 0 Å². The highest BCUT2D eigenvalue weighted by Crippen LogP contribution is 2.23. The molecule has 12 nitrogen and oxygen atoms in total. The van der Waals surface area contributed by atoms with Gasteiger partial charge in [0.15, 0.2) is 24.4 Å². The lowest BCUT2D eigenvalue weighted by Gasteiger charge is -2.37. The molecule has 0 heterocycles. The van der Waals surface area contributed by atoms with E-state index in [1.165, 1.54) is 6.92 Å². The molecule has 0 aromatic rings. The molecule has 0 saturated carbocycles. The molecule has 0 radical (unpaired) electrons. The van der Waals surface area contributed by atoms with E-state index >= 15 is 0 Å². The minimum Gasteiger partial charge on any atom is -0.462 e. The zero-order valence-electron chi connectivity index (χ0n) is 18.5. The molecule has 31 heavy (non-hydrogen) atoms. The third-order valence-electron chi connectivity index (χ3n) is 3.50. The zero-order chi connectivity index (χ0) is 24.3. The maximum Gasteiger partial charge on any atom is 0.303 e. The summed E-state index contributed by atoms with van der Waals surface area (Å²) >= 11 is 0. The van der Waals surface area contributed by atoms with Crippen molar-refractivity contribution >= 4 is 35.8 Å². The molecule has 5 atom stereocenters. The Balaban J connectivity index is 6.40. The summed E-state index contributed by atoms with van der Waals surface area (Å²) in [6.07, 6.45) is -7.27. The van der Waals surface area contributed by atoms with Crippen molar-refractivity contribution < 1.29 is 57.2 Å². The minimum absolute atomic E-state index is 0.570. The first kappa shape index (κ1) is 27.8. The van der Waals surface area contributed by atoms with Crippen molar-refractivity contribution in [1.82, 2.24) is 0 Å². The first-order valence-electron chi connectivity index (χ1n) is 9.24. The Morgan fingerprint density at radius 2 is 0.903 bits per heavy atom. The van der Waals surface area contributed by atoms with Gasteiger partial charge in [0.05, 0.1) is 0 Å². The van der Waals surface area contributed by atoms with Gasteiger partial charge < -0.3 is 28.4 Å². The summed E-state index contributed by atoms with van der Waals surface area (Å²) in [5, 5.41) is 0. The van der Waals surface area contributed by atoms with E-state index in [-0.39, 0.29) is 0 Å². The molecular weight excluding hydrogens is 420 g/mol. The largest absolute Gasteiger partial charge is 0.462 e. The first-order chi connectivity index (χ1) is 14.2. The Labute approximate surface area is 179 Å². The van der Waals surface area contributed by atoms with E-state index in [0.29, 0.717) is 0 Å². The molecule has 0 bridgehead atoms. The van der Waals surface area contributed by atoms with Crippen LogP contribution in [0.2, 0.25) is 0 Å². The van der Waals surface area contributed by atoms with Gasteiger partial charge in [-0.05, 0) is 6.92 Å². The molecule has 0 unspecified atom stereocenters. The Kier molecular flexibility index (Phi) is 11.8. The second kappa shape index (κ2) is 13.2. The fraction of sp³-hybridized carbons (Fsp3) is 0.684. The van der Waals surface area contributed by atoms with Gasteiger partial charge in [0.2, 0.25) is 0 Å². The first-order valence-corrected chi connectivity index (χ1v) is 9.24. The molecule has 0 fully saturated rings. The maximum absolute atomic E-state index is 11.8. The van der Waals surface area contributed by atoms with Crippen LogP contribution in [0.5, 0.6) is 0 Å². The second-order valence-electron chi connectivity index (χ2n) is 6.49. The number of carbonyl (C=O) groups excluding carboxylic acids is 6. The number of ether oxygens (including phenoxy) is 6. The minimum atomic E-state index is -1.60. The highest BCUT2D eigenvalue weighted by Gasteiger charge is 2.46. The highest BCUT2D eigenvalue weighted by atomic mass is 16.6. The van der Waals surface area contributed by atoms with Crippen molar-refractivity contribution in [3.63, 3.8) is 0 Å². The smallest absolute Gasteiger partial charge is 0.303 e. The molecule has 176 valence electrons. The van der Waals surface area contributed by atoms with Crippen LogP contribution in [0.3, 0.4) is 0 Å². The molecule has 0 N–H and O–H groups in total. The van der Waals surface area contributed by atoms with Gasteiger partial charge in [0, 0.05) is 41.5 Å². The van der Waals surface area contributed by atoms with Crippen LogP contribution >= 0.6 is 0 Å². The highest BCUT2D eigenvalue weighted by molar-refractivity contribution is 5.70. The van der Waals surface area contributed by atoms with Crippen molar-refractivity contribution in [2.45, 2.75) is 79.0 Å². The molecular formula is C19H28O12. The quantitative estimate of drug-likeness (QED) is 0.313. The fourth-order valence-corrected chi connectivity index (χ4v) is 2.62. The van der Waals surface area contributed by atoms with Crippen LogP contribution in [0.15, 0.2) is 0 Å². The molecule has 0 rings (SSSR count). The van der Waals surface area contributed by atoms with Crippen LogP contribution in [-0.4, -0.2) is 72.9 Å². The summed E-state index contributed by atoms with van der Waals surface area (Å²) in [6.45, 7) is 7.16. The summed E-state index contributed by atoms with van der Waals surface area (Å²) in [4.78, 5) is 69.5. The molecule has 0 amide bonds. The zero-order valence-corrected chi connectivity index (χ0v) is 18.5. The lowest BCUT2D eigenvalue weighted by Crippen LogP contribution is -2.56. The van der Waals surface area contributed by atoms with Gasteiger partial charge in [-0.25, -0.2) is 0 Å². The summed E-state index contributed by atoms with van der Waals surface area (Å²) in [5.41, 5.74) is 0. The normalized spacial score (nSPS) is 15.2. The van der Waals surface area contributed by atoms with Gasteiger partial charge in [-0.2, -0.15) is 0 Å². The second-order valence-corrected chi connectivity index (χ2v) is 6.49. The van der Waals surface area contributed by atoms with Gasteiger partial charge >= 0.3 is 35.8 Å². The molecule has 0 saturated heterocycles. The van der Waals surface area contributed by atoms with Crippen molar-refractivity contribution in [2.24, 2.45) is 0 Å². The third kappa shape index (κ3) is 11.6. The number of carbonyl (C=O) groups is 6. The molecule has 0 aliphatic carbocycles. The number of rotatable bonds is 11. The van der Waals surface area contributed by atoms with E-state index in [1.807, 2.05) is 0 Å². The summed E-state index contributed by atoms with van der Waals surface area (Å²) < 4.78 is 30.7. The summed E-state index contributed by atoms with van der Waals surface area (Å²) in [7, 11) is 0. The van der Waals surface area contributed by atoms with Gasteiger partial charge in [0.25, 0.3) is 0 Å². The average Bonchev–Trinajstić information content (AvgIpc) is 2.58. The third-order valence-corrected chi connectivity index (χ3v) is 3.50. The topological polar surface area (TPSA) is 158 Å². The SMILES string of the molecule is CC(=O)OC[C@@H](OC(C)=O)[C@@H](OC(C)=O)[C@H](OC(C)=O)[C@H](OC(C)=O)[C@H](C)OC(C)=O. The fourth-order valence-electron chi connectivity index (χ4n) is 2.62. The van der Waals surface area contributed by atoms with Gasteiger partial charge in [0.1, 0.15) is 12.7 Å². The van der Waals surface area contributed by atoms with E-state index < -0.39 is 72.9 Å². The number of hydrogen-bond acceptors (Lipinski definition) is 12. The summed E-state index contributed by atoms with van der Waals surface area (Å²) in [5.74, 6) is -4.86. The Hall–Kier alpha value is -3.18. The molecule has 0 aromatic heterocycles. The van der Waals surface area contributed by atoms with E-state index in [0.717, 1.165) is 41.5 Å². The van der Waals surface area contributed by atoms with Crippen molar-refractivity contribution in [3.05, 3.63) is 0 Å². The lowest BCUT2D eigenvalue weighted by atomic mass is 9.98. The van der Waals surface area contributed by atoms with Crippen LogP contribution in [0, 0.1) is 0 Å². The Bertz CT molecular complexity index is 685. The maximum atomic E-state index is 11.8. The van der Waals surface area contributed by atoms with Crippen LogP contribution in [0.4, 0.5) is 0 Å². The lowest BCUT2D eigenvalue weighted by molar-refractivity contribution is -0.212. The van der Waals surface area contributed by atoms with Crippen LogP contribution < -0.4 is 0 Å². The van der Waals surface area contributed by atoms with Crippen molar-refractivity contribution in [1.29, 1.82) is 0 Å². The van der Waals surface area contributed by atoms with Gasteiger partial charge in [-0.15, -0.1) is 0 Å².